The molecule has 1 atom stereocenters. The number of halogens is 4. The topological polar surface area (TPSA) is 89.2 Å². The fourth-order valence-electron chi connectivity index (χ4n) is 3.81. The van der Waals surface area contributed by atoms with Crippen LogP contribution in [0, 0.1) is 6.92 Å². The quantitative estimate of drug-likeness (QED) is 0.268. The highest BCUT2D eigenvalue weighted by atomic mass is 35.5. The van der Waals surface area contributed by atoms with Gasteiger partial charge in [0.05, 0.1) is 18.2 Å². The predicted molar refractivity (Wildman–Crippen MR) is 119 cm³/mol. The van der Waals surface area contributed by atoms with E-state index in [1.165, 1.54) is 43.5 Å². The summed E-state index contributed by atoms with van der Waals surface area (Å²) in [5, 5.41) is 11.4. The van der Waals surface area contributed by atoms with E-state index in [4.69, 9.17) is 20.8 Å². The van der Waals surface area contributed by atoms with Crippen molar-refractivity contribution in [3.8, 4) is 11.5 Å². The third-order valence-electron chi connectivity index (χ3n) is 5.22. The Hall–Kier alpha value is -3.92. The van der Waals surface area contributed by atoms with Crippen molar-refractivity contribution in [2.24, 2.45) is 0 Å². The van der Waals surface area contributed by atoms with Crippen molar-refractivity contribution in [2.75, 3.05) is 12.0 Å². The van der Waals surface area contributed by atoms with Crippen molar-refractivity contribution in [3.63, 3.8) is 0 Å². The lowest BCUT2D eigenvalue weighted by molar-refractivity contribution is -0.274. The van der Waals surface area contributed by atoms with E-state index in [2.05, 4.69) is 4.74 Å². The van der Waals surface area contributed by atoms with E-state index in [-0.39, 0.29) is 33.4 Å². The number of hydrogen-bond acceptors (Lipinski definition) is 6. The lowest BCUT2D eigenvalue weighted by Crippen LogP contribution is -2.29. The van der Waals surface area contributed by atoms with Crippen molar-refractivity contribution in [1.29, 1.82) is 0 Å². The Balaban J connectivity index is 1.93. The van der Waals surface area contributed by atoms with Crippen LogP contribution >= 0.6 is 11.6 Å². The van der Waals surface area contributed by atoms with Crippen LogP contribution in [-0.4, -0.2) is 30.3 Å². The highest BCUT2D eigenvalue weighted by molar-refractivity contribution is 6.51. The molecule has 1 aliphatic heterocycles. The maximum absolute atomic E-state index is 13.2. The fourth-order valence-corrected chi connectivity index (χ4v) is 3.98. The number of aryl methyl sites for hydroxylation is 1. The number of benzene rings is 2. The number of anilines is 1. The second-order valence-electron chi connectivity index (χ2n) is 7.51. The number of nitrogens with zero attached hydrogens (tertiary/aromatic N) is 1. The molecule has 1 fully saturated rings. The normalized spacial score (nSPS) is 17.7. The predicted octanol–water partition coefficient (Wildman–Crippen LogP) is 5.77. The van der Waals surface area contributed by atoms with Gasteiger partial charge in [0, 0.05) is 16.8 Å². The highest BCUT2D eigenvalue weighted by Crippen LogP contribution is 2.44. The molecule has 1 aliphatic rings. The van der Waals surface area contributed by atoms with Crippen LogP contribution in [0.1, 0.15) is 23.1 Å². The van der Waals surface area contributed by atoms with Crippen molar-refractivity contribution in [1.82, 2.24) is 0 Å². The molecule has 1 N–H and O–H groups in total. The number of ether oxygens (including phenoxy) is 2. The van der Waals surface area contributed by atoms with Crippen LogP contribution in [0.2, 0.25) is 5.02 Å². The minimum Gasteiger partial charge on any atom is -0.507 e. The molecule has 3 aromatic rings. The standard InChI is InChI=1S/C24H17ClF3NO6/c1-12-6-8-18(34-12)20-19(21(30)16-10-13(25)7-9-17(16)33-2)22(31)23(32)29(20)14-4-3-5-15(11-14)35-24(26,27)28/h3-11,20,30H,1-2H3/b21-19-. The molecule has 0 radical (unpaired) electrons. The smallest absolute Gasteiger partial charge is 0.507 e. The number of ketones is 1. The molecule has 1 unspecified atom stereocenters. The number of hydrogen-bond donors (Lipinski definition) is 1. The second-order valence-corrected chi connectivity index (χ2v) is 7.94. The Morgan fingerprint density at radius 1 is 1.11 bits per heavy atom. The second kappa shape index (κ2) is 9.03. The summed E-state index contributed by atoms with van der Waals surface area (Å²) < 4.78 is 53.1. The summed E-state index contributed by atoms with van der Waals surface area (Å²) in [5.74, 6) is -2.63. The Labute approximate surface area is 201 Å². The van der Waals surface area contributed by atoms with Crippen LogP contribution in [-0.2, 0) is 9.59 Å². The first-order chi connectivity index (χ1) is 16.5. The van der Waals surface area contributed by atoms with Gasteiger partial charge in [0.15, 0.2) is 0 Å². The molecule has 11 heteroatoms. The molecule has 35 heavy (non-hydrogen) atoms. The van der Waals surface area contributed by atoms with Crippen LogP contribution in [0.3, 0.4) is 0 Å². The van der Waals surface area contributed by atoms with Crippen LogP contribution in [0.5, 0.6) is 11.5 Å². The molecule has 0 aliphatic carbocycles. The lowest BCUT2D eigenvalue weighted by Gasteiger charge is -2.24. The van der Waals surface area contributed by atoms with Gasteiger partial charge in [-0.1, -0.05) is 17.7 Å². The largest absolute Gasteiger partial charge is 0.573 e. The van der Waals surface area contributed by atoms with E-state index in [0.717, 1.165) is 17.0 Å². The Morgan fingerprint density at radius 2 is 1.86 bits per heavy atom. The van der Waals surface area contributed by atoms with E-state index in [9.17, 15) is 27.9 Å². The van der Waals surface area contributed by atoms with Crippen LogP contribution in [0.4, 0.5) is 18.9 Å². The van der Waals surface area contributed by atoms with E-state index in [1.807, 2.05) is 0 Å². The third kappa shape index (κ3) is 4.69. The molecular formula is C24H17ClF3NO6. The number of furan rings is 1. The van der Waals surface area contributed by atoms with Gasteiger partial charge < -0.3 is 19.0 Å². The summed E-state index contributed by atoms with van der Waals surface area (Å²) in [6, 6.07) is 10.7. The summed E-state index contributed by atoms with van der Waals surface area (Å²) in [6.45, 7) is 1.63. The van der Waals surface area contributed by atoms with Crippen LogP contribution in [0.15, 0.2) is 64.6 Å². The lowest BCUT2D eigenvalue weighted by atomic mass is 9.98. The maximum Gasteiger partial charge on any atom is 0.573 e. The van der Waals surface area contributed by atoms with E-state index in [1.54, 1.807) is 13.0 Å². The van der Waals surface area contributed by atoms with Crippen molar-refractivity contribution < 1.29 is 41.8 Å². The van der Waals surface area contributed by atoms with Crippen molar-refractivity contribution in [3.05, 3.63) is 82.3 Å². The van der Waals surface area contributed by atoms with E-state index >= 15 is 0 Å². The number of carbonyl (C=O) groups excluding carboxylic acids is 2. The first-order valence-corrected chi connectivity index (χ1v) is 10.4. The van der Waals surface area contributed by atoms with Crippen LogP contribution in [0.25, 0.3) is 5.76 Å². The molecule has 0 saturated carbocycles. The molecule has 1 aromatic heterocycles. The Kier molecular flexibility index (Phi) is 6.25. The van der Waals surface area contributed by atoms with Gasteiger partial charge in [0.25, 0.3) is 11.7 Å². The molecule has 2 heterocycles. The summed E-state index contributed by atoms with van der Waals surface area (Å²) in [6.07, 6.45) is -4.96. The van der Waals surface area contributed by atoms with E-state index < -0.39 is 35.6 Å². The molecule has 4 rings (SSSR count). The molecule has 0 bridgehead atoms. The number of aliphatic hydroxyl groups excluding tert-OH is 1. The van der Waals surface area contributed by atoms with Gasteiger partial charge >= 0.3 is 6.36 Å². The number of rotatable bonds is 5. The average molecular weight is 508 g/mol. The zero-order valence-electron chi connectivity index (χ0n) is 18.2. The molecule has 1 saturated heterocycles. The van der Waals surface area contributed by atoms with Gasteiger partial charge in [-0.05, 0) is 49.4 Å². The Morgan fingerprint density at radius 3 is 2.49 bits per heavy atom. The third-order valence-corrected chi connectivity index (χ3v) is 5.46. The molecule has 2 aromatic carbocycles. The maximum atomic E-state index is 13.2. The minimum absolute atomic E-state index is 0.0421. The molecule has 0 spiro atoms. The zero-order valence-corrected chi connectivity index (χ0v) is 19.0. The number of carbonyl (C=O) groups is 2. The fraction of sp³-hybridized carbons (Fsp3) is 0.167. The van der Waals surface area contributed by atoms with Gasteiger partial charge in [-0.25, -0.2) is 0 Å². The summed E-state index contributed by atoms with van der Waals surface area (Å²) in [5.41, 5.74) is -0.391. The van der Waals surface area contributed by atoms with Crippen molar-refractivity contribution in [2.45, 2.75) is 19.3 Å². The number of Topliss-reactive ketones (excluding diaryl/α,β-unsaturated/α-hetero) is 1. The summed E-state index contributed by atoms with van der Waals surface area (Å²) >= 11 is 6.07. The minimum atomic E-state index is -4.96. The van der Waals surface area contributed by atoms with Gasteiger partial charge in [-0.3, -0.25) is 14.5 Å². The molecular weight excluding hydrogens is 491 g/mol. The zero-order chi connectivity index (χ0) is 25.5. The number of amides is 1. The van der Waals surface area contributed by atoms with Crippen molar-refractivity contribution >= 4 is 34.7 Å². The van der Waals surface area contributed by atoms with Gasteiger partial charge in [0.1, 0.15) is 34.8 Å². The first kappa shape index (κ1) is 24.2. The van der Waals surface area contributed by atoms with Gasteiger partial charge in [-0.2, -0.15) is 0 Å². The SMILES string of the molecule is COc1ccc(Cl)cc1/C(O)=C1/C(=O)C(=O)N(c2cccc(OC(F)(F)F)c2)C1c1ccc(C)o1. The van der Waals surface area contributed by atoms with Gasteiger partial charge in [-0.15, -0.1) is 13.2 Å². The van der Waals surface area contributed by atoms with E-state index in [0.29, 0.717) is 5.76 Å². The summed E-state index contributed by atoms with van der Waals surface area (Å²) in [4.78, 5) is 27.2. The number of aliphatic hydroxyl groups is 1. The van der Waals surface area contributed by atoms with Crippen LogP contribution < -0.4 is 14.4 Å². The highest BCUT2D eigenvalue weighted by Gasteiger charge is 2.49. The first-order valence-electron chi connectivity index (χ1n) is 10.1. The van der Waals surface area contributed by atoms with Gasteiger partial charge in [0.2, 0.25) is 0 Å². The Bertz CT molecular complexity index is 1350. The summed E-state index contributed by atoms with van der Waals surface area (Å²) in [7, 11) is 1.35. The molecule has 7 nitrogen and oxygen atoms in total. The number of alkyl halides is 3. The molecule has 182 valence electrons. The number of methoxy groups -OCH3 is 1. The average Bonchev–Trinajstić information content (AvgIpc) is 3.33. The monoisotopic (exact) mass is 507 g/mol. The molecule has 1 amide bonds.